The molecule has 0 heterocycles. The van der Waals surface area contributed by atoms with E-state index in [0.717, 1.165) is 6.92 Å². The van der Waals surface area contributed by atoms with Gasteiger partial charge in [0.15, 0.2) is 0 Å². The van der Waals surface area contributed by atoms with Crippen LogP contribution in [0.2, 0.25) is 0 Å². The summed E-state index contributed by atoms with van der Waals surface area (Å²) in [4.78, 5) is 16.8. The first-order chi connectivity index (χ1) is 2.73. The van der Waals surface area contributed by atoms with Gasteiger partial charge in [0.2, 0.25) is 0 Å². The standard InChI is InChI=1S/C2H4O2.CHO.Rh/c1-2(3)4;1-2;/h1H3,(H,3,4);1H;/q;-1;. The van der Waals surface area contributed by atoms with Crippen molar-refractivity contribution in [2.45, 2.75) is 6.92 Å². The summed E-state index contributed by atoms with van der Waals surface area (Å²) in [6.45, 7) is 4.33. The number of hydrogen-bond donors (Lipinski definition) is 1. The minimum absolute atomic E-state index is 0. The first kappa shape index (κ1) is 15.9. The molecule has 1 N–H and O–H groups in total. The molecule has 0 aromatic rings. The molecule has 0 rings (SSSR count). The first-order valence-corrected chi connectivity index (χ1v) is 1.16. The van der Waals surface area contributed by atoms with E-state index in [9.17, 15) is 0 Å². The van der Waals surface area contributed by atoms with Gasteiger partial charge >= 0.3 is 0 Å². The predicted molar refractivity (Wildman–Crippen MR) is 20.1 cm³/mol. The third-order valence-corrected chi connectivity index (χ3v) is 0. The monoisotopic (exact) mass is 192 g/mol. The van der Waals surface area contributed by atoms with Crippen molar-refractivity contribution >= 4 is 12.8 Å². The molecule has 3 nitrogen and oxygen atoms in total. The summed E-state index contributed by atoms with van der Waals surface area (Å²) in [5.74, 6) is -0.833. The fourth-order valence-electron chi connectivity index (χ4n) is 0. The number of carboxylic acid groups (broad SMARTS) is 1. The molecule has 7 heavy (non-hydrogen) atoms. The molecule has 4 heteroatoms. The van der Waals surface area contributed by atoms with Crippen LogP contribution in [0.5, 0.6) is 0 Å². The van der Waals surface area contributed by atoms with Crippen molar-refractivity contribution in [1.82, 2.24) is 0 Å². The molecule has 0 fully saturated rings. The number of carbonyl (C=O) groups is 1. The Bertz CT molecular complexity index is 41.4. The number of hydrogen-bond acceptors (Lipinski definition) is 2. The zero-order valence-corrected chi connectivity index (χ0v) is 5.31. The zero-order valence-electron chi connectivity index (χ0n) is 3.67. The molecule has 0 spiro atoms. The van der Waals surface area contributed by atoms with E-state index in [-0.39, 0.29) is 19.5 Å². The molecule has 0 aliphatic carbocycles. The molecule has 0 saturated heterocycles. The van der Waals surface area contributed by atoms with E-state index < -0.39 is 5.97 Å². The molecule has 0 aliphatic rings. The third kappa shape index (κ3) is 1460. The summed E-state index contributed by atoms with van der Waals surface area (Å²) in [6, 6.07) is 0. The van der Waals surface area contributed by atoms with Gasteiger partial charge in [-0.15, -0.1) is 0 Å². The van der Waals surface area contributed by atoms with Crippen molar-refractivity contribution in [3.8, 4) is 0 Å². The van der Waals surface area contributed by atoms with Gasteiger partial charge in [-0.1, -0.05) is 0 Å². The Labute approximate surface area is 54.5 Å². The van der Waals surface area contributed by atoms with Crippen LogP contribution in [0.3, 0.4) is 0 Å². The Balaban J connectivity index is -0.0000000480. The Morgan fingerprint density at radius 1 is 1.57 bits per heavy atom. The third-order valence-electron chi connectivity index (χ3n) is 0. The van der Waals surface area contributed by atoms with E-state index in [4.69, 9.17) is 14.7 Å². The van der Waals surface area contributed by atoms with Gasteiger partial charge in [-0.2, -0.15) is 0 Å². The maximum Gasteiger partial charge on any atom is 0.300 e. The van der Waals surface area contributed by atoms with Crippen LogP contribution in [0.25, 0.3) is 0 Å². The molecular weight excluding hydrogens is 187 g/mol. The molecule has 1 radical (unpaired) electrons. The molecule has 0 saturated carbocycles. The van der Waals surface area contributed by atoms with Crippen molar-refractivity contribution in [3.63, 3.8) is 0 Å². The predicted octanol–water partition coefficient (Wildman–Crippen LogP) is -0.186. The van der Waals surface area contributed by atoms with Crippen LogP contribution in [-0.2, 0) is 29.1 Å². The molecule has 0 aliphatic heterocycles. The van der Waals surface area contributed by atoms with Crippen molar-refractivity contribution in [3.05, 3.63) is 0 Å². The van der Waals surface area contributed by atoms with E-state index >= 15 is 0 Å². The molecule has 0 aromatic heterocycles. The van der Waals surface area contributed by atoms with Crippen LogP contribution >= 0.6 is 0 Å². The van der Waals surface area contributed by atoms with Gasteiger partial charge in [0.1, 0.15) is 0 Å². The molecule has 0 amide bonds. The summed E-state index contributed by atoms with van der Waals surface area (Å²) in [5.41, 5.74) is 0. The Kier molecular flexibility index (Phi) is 38.8. The van der Waals surface area contributed by atoms with Crippen molar-refractivity contribution in [1.29, 1.82) is 0 Å². The number of carboxylic acids is 1. The van der Waals surface area contributed by atoms with E-state index in [1.807, 2.05) is 0 Å². The number of carbonyl (C=O) groups excluding carboxylic acids is 1. The van der Waals surface area contributed by atoms with E-state index in [1.165, 1.54) is 0 Å². The van der Waals surface area contributed by atoms with Gasteiger partial charge in [0.05, 0.1) is 0 Å². The summed E-state index contributed by atoms with van der Waals surface area (Å²) in [7, 11) is 0. The van der Waals surface area contributed by atoms with Crippen LogP contribution in [0.4, 0.5) is 0 Å². The smallest absolute Gasteiger partial charge is 0.300 e. The van der Waals surface area contributed by atoms with Crippen LogP contribution in [0.1, 0.15) is 6.92 Å². The van der Waals surface area contributed by atoms with E-state index in [2.05, 4.69) is 6.79 Å². The average Bonchev–Trinajstić information content (AvgIpc) is 1.41. The van der Waals surface area contributed by atoms with Gasteiger partial charge in [-0.25, -0.2) is 0 Å². The van der Waals surface area contributed by atoms with Crippen LogP contribution in [0, 0.1) is 0 Å². The summed E-state index contributed by atoms with van der Waals surface area (Å²) < 4.78 is 0. The first-order valence-electron chi connectivity index (χ1n) is 1.16. The quantitative estimate of drug-likeness (QED) is 0.329. The van der Waals surface area contributed by atoms with E-state index in [1.54, 1.807) is 0 Å². The SMILES string of the molecule is CC(=O)O.[CH-]=O.[Rh]. The molecule has 0 bridgehead atoms. The zero-order chi connectivity index (χ0) is 5.58. The maximum atomic E-state index is 9.00. The Morgan fingerprint density at radius 2 is 1.57 bits per heavy atom. The van der Waals surface area contributed by atoms with Crippen LogP contribution < -0.4 is 0 Å². The minimum Gasteiger partial charge on any atom is -0.545 e. The molecular formula is C3H5O3Rh-. The largest absolute Gasteiger partial charge is 0.545 e. The van der Waals surface area contributed by atoms with Crippen molar-refractivity contribution in [2.24, 2.45) is 0 Å². The molecule has 45 valence electrons. The molecule has 0 aromatic carbocycles. The second-order valence-corrected chi connectivity index (χ2v) is 0.519. The Hall–Kier alpha value is -0.237. The number of aliphatic carboxylic acids is 1. The van der Waals surface area contributed by atoms with Crippen molar-refractivity contribution in [2.75, 3.05) is 0 Å². The number of rotatable bonds is 0. The molecule has 0 unspecified atom stereocenters. The maximum absolute atomic E-state index is 9.00. The second-order valence-electron chi connectivity index (χ2n) is 0.519. The summed E-state index contributed by atoms with van der Waals surface area (Å²) in [6.07, 6.45) is 0. The van der Waals surface area contributed by atoms with Gasteiger partial charge in [-0.3, -0.25) is 11.6 Å². The van der Waals surface area contributed by atoms with Crippen LogP contribution in [0.15, 0.2) is 0 Å². The average molecular weight is 192 g/mol. The Morgan fingerprint density at radius 3 is 1.57 bits per heavy atom. The summed E-state index contributed by atoms with van der Waals surface area (Å²) in [5, 5.41) is 7.42. The fourth-order valence-corrected chi connectivity index (χ4v) is 0. The minimum atomic E-state index is -0.833. The van der Waals surface area contributed by atoms with Crippen LogP contribution in [-0.4, -0.2) is 17.9 Å². The topological polar surface area (TPSA) is 54.4 Å². The fraction of sp³-hybridized carbons (Fsp3) is 0.333. The van der Waals surface area contributed by atoms with Gasteiger partial charge in [-0.05, 0) is 0 Å². The van der Waals surface area contributed by atoms with E-state index in [0.29, 0.717) is 0 Å². The van der Waals surface area contributed by atoms with Gasteiger partial charge in [0, 0.05) is 26.4 Å². The van der Waals surface area contributed by atoms with Crippen molar-refractivity contribution < 1.29 is 34.2 Å². The van der Waals surface area contributed by atoms with Gasteiger partial charge < -0.3 is 9.90 Å². The normalized spacial score (nSPS) is 4.14. The van der Waals surface area contributed by atoms with Gasteiger partial charge in [0.25, 0.3) is 5.97 Å². The molecule has 0 atom stereocenters. The summed E-state index contributed by atoms with van der Waals surface area (Å²) >= 11 is 0. The second kappa shape index (κ2) is 17.1.